The van der Waals surface area contributed by atoms with Crippen LogP contribution in [-0.4, -0.2) is 11.2 Å². The van der Waals surface area contributed by atoms with E-state index in [0.717, 1.165) is 31.2 Å². The van der Waals surface area contributed by atoms with E-state index in [1.54, 1.807) is 6.07 Å². The van der Waals surface area contributed by atoms with Gasteiger partial charge < -0.3 is 5.11 Å². The summed E-state index contributed by atoms with van der Waals surface area (Å²) in [7, 11) is 0. The standard InChI is InChI=1S/C15H22Cl2O/c1-3-5-11(6-4-2)15(18)9-12-7-8-13(16)10-14(12)17/h7-8,10-11,15,18H,3-6,9H2,1-2H3. The minimum absolute atomic E-state index is 0.316. The van der Waals surface area contributed by atoms with Crippen LogP contribution in [0.2, 0.25) is 10.0 Å². The highest BCUT2D eigenvalue weighted by Gasteiger charge is 2.19. The molecule has 0 fully saturated rings. The smallest absolute Gasteiger partial charge is 0.0609 e. The second kappa shape index (κ2) is 8.04. The first-order valence-electron chi connectivity index (χ1n) is 6.70. The monoisotopic (exact) mass is 288 g/mol. The Bertz CT molecular complexity index is 360. The van der Waals surface area contributed by atoms with E-state index in [2.05, 4.69) is 13.8 Å². The minimum Gasteiger partial charge on any atom is -0.392 e. The quantitative estimate of drug-likeness (QED) is 0.739. The molecule has 0 radical (unpaired) electrons. The molecule has 102 valence electrons. The number of halogens is 2. The summed E-state index contributed by atoms with van der Waals surface area (Å²) in [5, 5.41) is 11.6. The lowest BCUT2D eigenvalue weighted by atomic mass is 9.89. The summed E-state index contributed by atoms with van der Waals surface area (Å²) in [6, 6.07) is 5.47. The van der Waals surface area contributed by atoms with Gasteiger partial charge in [-0.1, -0.05) is 56.0 Å². The van der Waals surface area contributed by atoms with E-state index in [4.69, 9.17) is 23.2 Å². The zero-order chi connectivity index (χ0) is 13.5. The van der Waals surface area contributed by atoms with E-state index < -0.39 is 0 Å². The molecule has 0 aliphatic heterocycles. The summed E-state index contributed by atoms with van der Waals surface area (Å²) in [4.78, 5) is 0. The molecule has 0 heterocycles. The van der Waals surface area contributed by atoms with Crippen LogP contribution in [0.25, 0.3) is 0 Å². The highest BCUT2D eigenvalue weighted by Crippen LogP contribution is 2.26. The number of rotatable bonds is 7. The van der Waals surface area contributed by atoms with Gasteiger partial charge in [0.2, 0.25) is 0 Å². The van der Waals surface area contributed by atoms with Gasteiger partial charge in [0, 0.05) is 16.5 Å². The summed E-state index contributed by atoms with van der Waals surface area (Å²) in [5.41, 5.74) is 0.978. The predicted octanol–water partition coefficient (Wildman–Crippen LogP) is 5.11. The Morgan fingerprint density at radius 1 is 1.11 bits per heavy atom. The first-order chi connectivity index (χ1) is 8.58. The number of hydrogen-bond acceptors (Lipinski definition) is 1. The van der Waals surface area contributed by atoms with Gasteiger partial charge in [0.05, 0.1) is 6.10 Å². The van der Waals surface area contributed by atoms with Crippen LogP contribution in [0.4, 0.5) is 0 Å². The van der Waals surface area contributed by atoms with Crippen LogP contribution in [0, 0.1) is 5.92 Å². The van der Waals surface area contributed by atoms with Crippen molar-refractivity contribution in [2.24, 2.45) is 5.92 Å². The molecule has 1 rings (SSSR count). The zero-order valence-electron chi connectivity index (χ0n) is 11.1. The molecule has 0 spiro atoms. The van der Waals surface area contributed by atoms with E-state index >= 15 is 0 Å². The Kier molecular flexibility index (Phi) is 7.06. The van der Waals surface area contributed by atoms with Crippen molar-refractivity contribution in [2.75, 3.05) is 0 Å². The Hall–Kier alpha value is -0.240. The highest BCUT2D eigenvalue weighted by molar-refractivity contribution is 6.35. The molecule has 0 bridgehead atoms. The maximum Gasteiger partial charge on any atom is 0.0609 e. The molecule has 0 amide bonds. The first kappa shape index (κ1) is 15.8. The van der Waals surface area contributed by atoms with Crippen LogP contribution in [0.5, 0.6) is 0 Å². The van der Waals surface area contributed by atoms with Crippen LogP contribution < -0.4 is 0 Å². The SMILES string of the molecule is CCCC(CCC)C(O)Cc1ccc(Cl)cc1Cl. The Labute approximate surface area is 120 Å². The summed E-state index contributed by atoms with van der Waals surface area (Å²) in [5.74, 6) is 0.367. The van der Waals surface area contributed by atoms with E-state index in [1.165, 1.54) is 0 Å². The number of hydrogen-bond donors (Lipinski definition) is 1. The molecule has 1 N–H and O–H groups in total. The molecule has 1 atom stereocenters. The van der Waals surface area contributed by atoms with Gasteiger partial charge in [-0.25, -0.2) is 0 Å². The summed E-state index contributed by atoms with van der Waals surface area (Å²) in [6.07, 6.45) is 4.65. The molecule has 0 saturated carbocycles. The molecule has 1 aromatic rings. The van der Waals surface area contributed by atoms with Crippen LogP contribution in [0.1, 0.15) is 45.1 Å². The van der Waals surface area contributed by atoms with Crippen molar-refractivity contribution in [2.45, 2.75) is 52.1 Å². The van der Waals surface area contributed by atoms with Crippen molar-refractivity contribution in [3.05, 3.63) is 33.8 Å². The minimum atomic E-state index is -0.316. The van der Waals surface area contributed by atoms with Gasteiger partial charge >= 0.3 is 0 Å². The van der Waals surface area contributed by atoms with Gasteiger partial charge in [-0.05, 0) is 36.5 Å². The van der Waals surface area contributed by atoms with Gasteiger partial charge in [0.15, 0.2) is 0 Å². The second-order valence-electron chi connectivity index (χ2n) is 4.84. The van der Waals surface area contributed by atoms with E-state index in [9.17, 15) is 5.11 Å². The molecule has 1 nitrogen and oxygen atoms in total. The van der Waals surface area contributed by atoms with E-state index in [0.29, 0.717) is 22.4 Å². The van der Waals surface area contributed by atoms with Gasteiger partial charge in [0.25, 0.3) is 0 Å². The van der Waals surface area contributed by atoms with Crippen molar-refractivity contribution >= 4 is 23.2 Å². The van der Waals surface area contributed by atoms with Crippen LogP contribution >= 0.6 is 23.2 Å². The van der Waals surface area contributed by atoms with Crippen molar-refractivity contribution in [3.8, 4) is 0 Å². The number of benzene rings is 1. The van der Waals surface area contributed by atoms with Crippen LogP contribution in [0.3, 0.4) is 0 Å². The maximum atomic E-state index is 10.3. The predicted molar refractivity (Wildman–Crippen MR) is 79.5 cm³/mol. The molecule has 0 aliphatic rings. The van der Waals surface area contributed by atoms with Crippen molar-refractivity contribution in [1.29, 1.82) is 0 Å². The van der Waals surface area contributed by atoms with Crippen LogP contribution in [0.15, 0.2) is 18.2 Å². The summed E-state index contributed by atoms with van der Waals surface area (Å²) >= 11 is 12.0. The molecular weight excluding hydrogens is 267 g/mol. The maximum absolute atomic E-state index is 10.3. The Balaban J connectivity index is 2.69. The normalized spacial score (nSPS) is 13.0. The summed E-state index contributed by atoms with van der Waals surface area (Å²) in [6.45, 7) is 4.31. The third-order valence-corrected chi connectivity index (χ3v) is 3.89. The first-order valence-corrected chi connectivity index (χ1v) is 7.46. The highest BCUT2D eigenvalue weighted by atomic mass is 35.5. The summed E-state index contributed by atoms with van der Waals surface area (Å²) < 4.78 is 0. The van der Waals surface area contributed by atoms with E-state index in [-0.39, 0.29) is 6.10 Å². The van der Waals surface area contributed by atoms with Crippen molar-refractivity contribution in [3.63, 3.8) is 0 Å². The van der Waals surface area contributed by atoms with Gasteiger partial charge in [-0.2, -0.15) is 0 Å². The van der Waals surface area contributed by atoms with Crippen molar-refractivity contribution in [1.82, 2.24) is 0 Å². The van der Waals surface area contributed by atoms with Gasteiger partial charge in [0.1, 0.15) is 0 Å². The van der Waals surface area contributed by atoms with E-state index in [1.807, 2.05) is 12.1 Å². The largest absolute Gasteiger partial charge is 0.392 e. The van der Waals surface area contributed by atoms with Gasteiger partial charge in [-0.15, -0.1) is 0 Å². The zero-order valence-corrected chi connectivity index (χ0v) is 12.6. The molecule has 1 unspecified atom stereocenters. The average Bonchev–Trinajstić information content (AvgIpc) is 2.32. The Morgan fingerprint density at radius 2 is 1.72 bits per heavy atom. The lowest BCUT2D eigenvalue weighted by Crippen LogP contribution is -2.23. The lowest BCUT2D eigenvalue weighted by Gasteiger charge is -2.22. The topological polar surface area (TPSA) is 20.2 Å². The second-order valence-corrected chi connectivity index (χ2v) is 5.69. The average molecular weight is 289 g/mol. The van der Waals surface area contributed by atoms with Crippen molar-refractivity contribution < 1.29 is 5.11 Å². The molecule has 0 saturated heterocycles. The molecule has 0 aliphatic carbocycles. The fraction of sp³-hybridized carbons (Fsp3) is 0.600. The third kappa shape index (κ3) is 4.79. The molecular formula is C15H22Cl2O. The molecule has 18 heavy (non-hydrogen) atoms. The van der Waals surface area contributed by atoms with Gasteiger partial charge in [-0.3, -0.25) is 0 Å². The fourth-order valence-electron chi connectivity index (χ4n) is 2.35. The lowest BCUT2D eigenvalue weighted by molar-refractivity contribution is 0.0963. The Morgan fingerprint density at radius 3 is 2.22 bits per heavy atom. The molecule has 0 aromatic heterocycles. The third-order valence-electron chi connectivity index (χ3n) is 3.31. The number of aliphatic hydroxyl groups is 1. The fourth-order valence-corrected chi connectivity index (χ4v) is 2.84. The molecule has 1 aromatic carbocycles. The van der Waals surface area contributed by atoms with Crippen LogP contribution in [-0.2, 0) is 6.42 Å². The number of aliphatic hydroxyl groups excluding tert-OH is 1. The molecule has 3 heteroatoms.